The summed E-state index contributed by atoms with van der Waals surface area (Å²) in [5, 5.41) is 0. The van der Waals surface area contributed by atoms with Crippen LogP contribution in [0, 0.1) is 19.7 Å². The van der Waals surface area contributed by atoms with Crippen LogP contribution in [0.25, 0.3) is 0 Å². The number of anilines is 2. The number of benzene rings is 2. The normalized spacial score (nSPS) is 14.6. The predicted octanol–water partition coefficient (Wildman–Crippen LogP) is 3.34. The second-order valence-electron chi connectivity index (χ2n) is 8.13. The van der Waals surface area contributed by atoms with Gasteiger partial charge in [0.25, 0.3) is 0 Å². The van der Waals surface area contributed by atoms with Crippen LogP contribution in [-0.2, 0) is 14.8 Å². The zero-order valence-corrected chi connectivity index (χ0v) is 19.2. The summed E-state index contributed by atoms with van der Waals surface area (Å²) in [6.07, 6.45) is 1.95. The van der Waals surface area contributed by atoms with Crippen LogP contribution in [0.3, 0.4) is 0 Å². The quantitative estimate of drug-likeness (QED) is 0.653. The number of carbonyl (C=O) groups excluding carboxylic acids is 1. The molecule has 0 saturated carbocycles. The third kappa shape index (κ3) is 6.19. The van der Waals surface area contributed by atoms with Crippen molar-refractivity contribution in [3.05, 3.63) is 59.4 Å². The van der Waals surface area contributed by atoms with Crippen LogP contribution in [0.2, 0.25) is 0 Å². The molecule has 0 bridgehead atoms. The average molecular weight is 448 g/mol. The van der Waals surface area contributed by atoms with E-state index < -0.39 is 10.0 Å². The minimum atomic E-state index is -3.44. The minimum Gasteiger partial charge on any atom is -0.368 e. The number of carbonyl (C=O) groups is 1. The Morgan fingerprint density at radius 2 is 1.58 bits per heavy atom. The van der Waals surface area contributed by atoms with Crippen molar-refractivity contribution < 1.29 is 17.6 Å². The number of amides is 1. The fraction of sp³-hybridized carbons (Fsp3) is 0.435. The highest BCUT2D eigenvalue weighted by molar-refractivity contribution is 7.92. The van der Waals surface area contributed by atoms with E-state index in [0.717, 1.165) is 16.8 Å². The Balaban J connectivity index is 1.53. The van der Waals surface area contributed by atoms with E-state index in [1.807, 2.05) is 36.9 Å². The zero-order valence-electron chi connectivity index (χ0n) is 18.3. The van der Waals surface area contributed by atoms with Gasteiger partial charge in [-0.3, -0.25) is 9.10 Å². The zero-order chi connectivity index (χ0) is 22.6. The van der Waals surface area contributed by atoms with Crippen LogP contribution >= 0.6 is 0 Å². The highest BCUT2D eigenvalue weighted by Gasteiger charge is 2.23. The Kier molecular flexibility index (Phi) is 7.20. The van der Waals surface area contributed by atoms with Gasteiger partial charge in [0.1, 0.15) is 5.82 Å². The van der Waals surface area contributed by atoms with Crippen LogP contribution in [0.15, 0.2) is 42.5 Å². The Morgan fingerprint density at radius 3 is 2.13 bits per heavy atom. The molecule has 0 atom stereocenters. The molecule has 0 spiro atoms. The molecule has 8 heteroatoms. The summed E-state index contributed by atoms with van der Waals surface area (Å²) in [4.78, 5) is 16.6. The maximum atomic E-state index is 13.1. The molecule has 1 heterocycles. The molecule has 1 fully saturated rings. The fourth-order valence-corrected chi connectivity index (χ4v) is 4.93. The van der Waals surface area contributed by atoms with Crippen LogP contribution in [0.4, 0.5) is 15.8 Å². The van der Waals surface area contributed by atoms with E-state index in [4.69, 9.17) is 0 Å². The van der Waals surface area contributed by atoms with Gasteiger partial charge < -0.3 is 9.80 Å². The summed E-state index contributed by atoms with van der Waals surface area (Å²) in [5.41, 5.74) is 3.59. The number of piperazine rings is 1. The van der Waals surface area contributed by atoms with Gasteiger partial charge in [-0.15, -0.1) is 0 Å². The Bertz CT molecular complexity index is 997. The number of halogens is 1. The van der Waals surface area contributed by atoms with E-state index in [1.54, 1.807) is 12.1 Å². The average Bonchev–Trinajstić information content (AvgIpc) is 2.70. The van der Waals surface area contributed by atoms with Crippen molar-refractivity contribution in [3.63, 3.8) is 0 Å². The van der Waals surface area contributed by atoms with Gasteiger partial charge in [-0.05, 0) is 67.8 Å². The molecular formula is C23H30FN3O3S. The van der Waals surface area contributed by atoms with Crippen molar-refractivity contribution in [1.29, 1.82) is 0 Å². The molecule has 0 unspecified atom stereocenters. The first-order valence-electron chi connectivity index (χ1n) is 10.5. The molecule has 2 aromatic carbocycles. The van der Waals surface area contributed by atoms with Crippen LogP contribution in [0.5, 0.6) is 0 Å². The summed E-state index contributed by atoms with van der Waals surface area (Å²) in [7, 11) is -3.44. The Morgan fingerprint density at radius 1 is 1.00 bits per heavy atom. The van der Waals surface area contributed by atoms with Crippen LogP contribution in [-0.4, -0.2) is 58.2 Å². The molecule has 2 aromatic rings. The molecule has 3 rings (SSSR count). The van der Waals surface area contributed by atoms with Crippen molar-refractivity contribution in [2.75, 3.05) is 48.2 Å². The number of hydrogen-bond donors (Lipinski definition) is 0. The SMILES string of the molecule is Cc1cc(C)cc(N(CCCC(=O)N2CCN(c3ccc(F)cc3)CC2)S(C)(=O)=O)c1. The van der Waals surface area contributed by atoms with E-state index in [2.05, 4.69) is 4.90 Å². The summed E-state index contributed by atoms with van der Waals surface area (Å²) in [6, 6.07) is 12.1. The monoisotopic (exact) mass is 447 g/mol. The minimum absolute atomic E-state index is 0.0348. The van der Waals surface area contributed by atoms with E-state index in [1.165, 1.54) is 22.7 Å². The number of nitrogens with zero attached hydrogens (tertiary/aromatic N) is 3. The number of rotatable bonds is 7. The highest BCUT2D eigenvalue weighted by Crippen LogP contribution is 2.22. The van der Waals surface area contributed by atoms with Gasteiger partial charge in [-0.2, -0.15) is 0 Å². The van der Waals surface area contributed by atoms with Gasteiger partial charge in [0.05, 0.1) is 11.9 Å². The maximum absolute atomic E-state index is 13.1. The third-order valence-corrected chi connectivity index (χ3v) is 6.66. The van der Waals surface area contributed by atoms with Crippen molar-refractivity contribution in [3.8, 4) is 0 Å². The molecule has 1 aliphatic rings. The number of aryl methyl sites for hydroxylation is 2. The largest absolute Gasteiger partial charge is 0.368 e. The first-order chi connectivity index (χ1) is 14.6. The summed E-state index contributed by atoms with van der Waals surface area (Å²) in [5.74, 6) is -0.228. The van der Waals surface area contributed by atoms with Crippen molar-refractivity contribution in [2.24, 2.45) is 0 Å². The Labute approximate surface area is 184 Å². The molecule has 1 saturated heterocycles. The molecule has 1 aliphatic heterocycles. The highest BCUT2D eigenvalue weighted by atomic mass is 32.2. The standard InChI is InChI=1S/C23H30FN3O3S/c1-18-15-19(2)17-22(16-18)27(31(3,29)30)10-4-5-23(28)26-13-11-25(12-14-26)21-8-6-20(24)7-9-21/h6-9,15-17H,4-5,10-14H2,1-3H3. The molecule has 168 valence electrons. The lowest BCUT2D eigenvalue weighted by molar-refractivity contribution is -0.131. The second-order valence-corrected chi connectivity index (χ2v) is 10.0. The molecular weight excluding hydrogens is 417 g/mol. The summed E-state index contributed by atoms with van der Waals surface area (Å²) in [6.45, 7) is 6.72. The van der Waals surface area contributed by atoms with E-state index in [-0.39, 0.29) is 18.3 Å². The van der Waals surface area contributed by atoms with Gasteiger partial charge in [-0.25, -0.2) is 12.8 Å². The van der Waals surface area contributed by atoms with Gasteiger partial charge in [0, 0.05) is 44.8 Å². The maximum Gasteiger partial charge on any atom is 0.232 e. The lowest BCUT2D eigenvalue weighted by Gasteiger charge is -2.36. The van der Waals surface area contributed by atoms with E-state index in [9.17, 15) is 17.6 Å². The molecule has 6 nitrogen and oxygen atoms in total. The Hall–Kier alpha value is -2.61. The van der Waals surface area contributed by atoms with Crippen molar-refractivity contribution in [2.45, 2.75) is 26.7 Å². The predicted molar refractivity (Wildman–Crippen MR) is 123 cm³/mol. The van der Waals surface area contributed by atoms with Gasteiger partial charge in [-0.1, -0.05) is 6.07 Å². The first-order valence-corrected chi connectivity index (χ1v) is 12.3. The molecule has 0 radical (unpaired) electrons. The number of hydrogen-bond acceptors (Lipinski definition) is 4. The van der Waals surface area contributed by atoms with Crippen molar-refractivity contribution >= 4 is 27.3 Å². The van der Waals surface area contributed by atoms with Crippen molar-refractivity contribution in [1.82, 2.24) is 4.90 Å². The van der Waals surface area contributed by atoms with Crippen LogP contribution < -0.4 is 9.21 Å². The molecule has 1 amide bonds. The molecule has 0 aliphatic carbocycles. The third-order valence-electron chi connectivity index (χ3n) is 5.47. The smallest absolute Gasteiger partial charge is 0.232 e. The first kappa shape index (κ1) is 23.1. The lowest BCUT2D eigenvalue weighted by Crippen LogP contribution is -2.48. The van der Waals surface area contributed by atoms with E-state index in [0.29, 0.717) is 44.7 Å². The van der Waals surface area contributed by atoms with E-state index >= 15 is 0 Å². The summed E-state index contributed by atoms with van der Waals surface area (Å²) >= 11 is 0. The topological polar surface area (TPSA) is 60.9 Å². The molecule has 31 heavy (non-hydrogen) atoms. The molecule has 0 N–H and O–H groups in total. The molecule has 0 aromatic heterocycles. The lowest BCUT2D eigenvalue weighted by atomic mass is 10.1. The number of sulfonamides is 1. The summed E-state index contributed by atoms with van der Waals surface area (Å²) < 4.78 is 39.1. The van der Waals surface area contributed by atoms with Crippen LogP contribution in [0.1, 0.15) is 24.0 Å². The second kappa shape index (κ2) is 9.68. The van der Waals surface area contributed by atoms with Gasteiger partial charge in [0.2, 0.25) is 15.9 Å². The van der Waals surface area contributed by atoms with Gasteiger partial charge in [0.15, 0.2) is 0 Å². The van der Waals surface area contributed by atoms with Gasteiger partial charge >= 0.3 is 0 Å². The fourth-order valence-electron chi connectivity index (χ4n) is 3.98.